The van der Waals surface area contributed by atoms with Crippen LogP contribution in [-0.2, 0) is 4.79 Å². The van der Waals surface area contributed by atoms with E-state index in [0.717, 1.165) is 5.56 Å². The number of hydrogen-bond donors (Lipinski definition) is 1. The van der Waals surface area contributed by atoms with Crippen molar-refractivity contribution >= 4 is 17.5 Å². The lowest BCUT2D eigenvalue weighted by molar-refractivity contribution is -0.119. The molecule has 0 aromatic heterocycles. The second kappa shape index (κ2) is 5.01. The van der Waals surface area contributed by atoms with Gasteiger partial charge in [0.2, 0.25) is 5.91 Å². The summed E-state index contributed by atoms with van der Waals surface area (Å²) in [7, 11) is 0. The van der Waals surface area contributed by atoms with Gasteiger partial charge in [0.05, 0.1) is 6.04 Å². The Morgan fingerprint density at radius 3 is 2.50 bits per heavy atom. The fourth-order valence-corrected chi connectivity index (χ4v) is 1.30. The lowest BCUT2D eigenvalue weighted by Gasteiger charge is -2.13. The van der Waals surface area contributed by atoms with Crippen LogP contribution in [0.25, 0.3) is 0 Å². The Kier molecular flexibility index (Phi) is 3.96. The van der Waals surface area contributed by atoms with Gasteiger partial charge in [0.1, 0.15) is 5.88 Å². The van der Waals surface area contributed by atoms with Crippen molar-refractivity contribution in [3.8, 4) is 0 Å². The number of halogens is 1. The predicted molar refractivity (Wildman–Crippen MR) is 58.5 cm³/mol. The smallest absolute Gasteiger partial charge is 0.235 e. The van der Waals surface area contributed by atoms with Gasteiger partial charge in [0.25, 0.3) is 0 Å². The largest absolute Gasteiger partial charge is 0.349 e. The minimum Gasteiger partial charge on any atom is -0.349 e. The van der Waals surface area contributed by atoms with Crippen LogP contribution in [0.2, 0.25) is 0 Å². The molecule has 0 aliphatic heterocycles. The number of alkyl halides is 1. The lowest BCUT2D eigenvalue weighted by Crippen LogP contribution is -2.27. The summed E-state index contributed by atoms with van der Waals surface area (Å²) in [5.41, 5.74) is 2.30. The van der Waals surface area contributed by atoms with Crippen LogP contribution < -0.4 is 5.32 Å². The first-order valence-corrected chi connectivity index (χ1v) is 5.09. The van der Waals surface area contributed by atoms with E-state index in [4.69, 9.17) is 11.6 Å². The first kappa shape index (κ1) is 11.1. The molecule has 0 saturated heterocycles. The third-order valence-electron chi connectivity index (χ3n) is 2.08. The molecule has 1 rings (SSSR count). The maximum absolute atomic E-state index is 11.0. The number of carbonyl (C=O) groups excluding carboxylic acids is 1. The van der Waals surface area contributed by atoms with Crippen LogP contribution in [0, 0.1) is 6.92 Å². The van der Waals surface area contributed by atoms with Crippen molar-refractivity contribution in [2.24, 2.45) is 0 Å². The number of rotatable bonds is 3. The zero-order valence-corrected chi connectivity index (χ0v) is 9.14. The summed E-state index contributed by atoms with van der Waals surface area (Å²) in [6.45, 7) is 3.97. The average molecular weight is 212 g/mol. The van der Waals surface area contributed by atoms with Crippen LogP contribution >= 0.6 is 11.6 Å². The fourth-order valence-electron chi connectivity index (χ4n) is 1.22. The monoisotopic (exact) mass is 211 g/mol. The van der Waals surface area contributed by atoms with Crippen molar-refractivity contribution in [1.82, 2.24) is 5.32 Å². The Balaban J connectivity index is 2.65. The van der Waals surface area contributed by atoms with Gasteiger partial charge in [-0.05, 0) is 19.4 Å². The van der Waals surface area contributed by atoms with Crippen LogP contribution in [0.5, 0.6) is 0 Å². The Morgan fingerprint density at radius 2 is 2.00 bits per heavy atom. The number of carbonyl (C=O) groups is 1. The average Bonchev–Trinajstić information content (AvgIpc) is 2.18. The van der Waals surface area contributed by atoms with Gasteiger partial charge in [-0.25, -0.2) is 0 Å². The molecule has 1 N–H and O–H groups in total. The molecule has 1 aromatic carbocycles. The number of amides is 1. The van der Waals surface area contributed by atoms with Crippen molar-refractivity contribution in [3.63, 3.8) is 0 Å². The first-order valence-electron chi connectivity index (χ1n) is 4.55. The molecule has 1 atom stereocenters. The molecule has 76 valence electrons. The Bertz CT molecular complexity index is 308. The van der Waals surface area contributed by atoms with E-state index in [1.807, 2.05) is 38.1 Å². The van der Waals surface area contributed by atoms with E-state index >= 15 is 0 Å². The molecule has 0 spiro atoms. The van der Waals surface area contributed by atoms with Gasteiger partial charge in [-0.3, -0.25) is 4.79 Å². The maximum atomic E-state index is 11.0. The van der Waals surface area contributed by atoms with Gasteiger partial charge >= 0.3 is 0 Å². The van der Waals surface area contributed by atoms with Crippen LogP contribution in [0.4, 0.5) is 0 Å². The second-order valence-electron chi connectivity index (χ2n) is 3.33. The van der Waals surface area contributed by atoms with Gasteiger partial charge in [0.15, 0.2) is 0 Å². The highest BCUT2D eigenvalue weighted by molar-refractivity contribution is 6.27. The summed E-state index contributed by atoms with van der Waals surface area (Å²) >= 11 is 5.40. The van der Waals surface area contributed by atoms with Crippen LogP contribution in [0.15, 0.2) is 24.3 Å². The van der Waals surface area contributed by atoms with Crippen LogP contribution in [0.3, 0.4) is 0 Å². The van der Waals surface area contributed by atoms with E-state index in [1.54, 1.807) is 0 Å². The van der Waals surface area contributed by atoms with Crippen molar-refractivity contribution in [2.45, 2.75) is 19.9 Å². The number of benzene rings is 1. The maximum Gasteiger partial charge on any atom is 0.235 e. The van der Waals surface area contributed by atoms with E-state index in [9.17, 15) is 4.79 Å². The van der Waals surface area contributed by atoms with Crippen molar-refractivity contribution < 1.29 is 4.79 Å². The van der Waals surface area contributed by atoms with E-state index in [-0.39, 0.29) is 17.8 Å². The standard InChI is InChI=1S/C11H14ClNO/c1-8-3-5-10(6-4-8)9(2)13-11(14)7-12/h3-6,9H,7H2,1-2H3,(H,13,14)/t9-/m1/s1. The summed E-state index contributed by atoms with van der Waals surface area (Å²) in [6, 6.07) is 8.09. The highest BCUT2D eigenvalue weighted by Crippen LogP contribution is 2.12. The SMILES string of the molecule is Cc1ccc([C@@H](C)NC(=O)CCl)cc1. The molecule has 0 heterocycles. The van der Waals surface area contributed by atoms with E-state index < -0.39 is 0 Å². The van der Waals surface area contributed by atoms with E-state index in [1.165, 1.54) is 5.56 Å². The van der Waals surface area contributed by atoms with Crippen molar-refractivity contribution in [1.29, 1.82) is 0 Å². The van der Waals surface area contributed by atoms with Gasteiger partial charge in [0, 0.05) is 0 Å². The zero-order valence-electron chi connectivity index (χ0n) is 8.38. The third-order valence-corrected chi connectivity index (χ3v) is 2.32. The number of aryl methyl sites for hydroxylation is 1. The molecule has 14 heavy (non-hydrogen) atoms. The van der Waals surface area contributed by atoms with Crippen LogP contribution in [0.1, 0.15) is 24.1 Å². The molecule has 0 radical (unpaired) electrons. The molecular formula is C11H14ClNO. The number of hydrogen-bond acceptors (Lipinski definition) is 1. The molecule has 0 unspecified atom stereocenters. The van der Waals surface area contributed by atoms with Crippen LogP contribution in [-0.4, -0.2) is 11.8 Å². The van der Waals surface area contributed by atoms with E-state index in [2.05, 4.69) is 5.32 Å². The quantitative estimate of drug-likeness (QED) is 0.765. The normalized spacial score (nSPS) is 12.2. The van der Waals surface area contributed by atoms with Crippen molar-refractivity contribution in [3.05, 3.63) is 35.4 Å². The first-order chi connectivity index (χ1) is 6.63. The van der Waals surface area contributed by atoms with Gasteiger partial charge in [-0.1, -0.05) is 29.8 Å². The minimum atomic E-state index is -0.139. The molecule has 3 heteroatoms. The Hall–Kier alpha value is -1.02. The summed E-state index contributed by atoms with van der Waals surface area (Å²) in [5.74, 6) is -0.129. The molecule has 0 fully saturated rings. The minimum absolute atomic E-state index is 0.0101. The van der Waals surface area contributed by atoms with Crippen molar-refractivity contribution in [2.75, 3.05) is 5.88 Å². The van der Waals surface area contributed by atoms with E-state index in [0.29, 0.717) is 0 Å². The summed E-state index contributed by atoms with van der Waals surface area (Å²) in [4.78, 5) is 11.0. The second-order valence-corrected chi connectivity index (χ2v) is 3.60. The highest BCUT2D eigenvalue weighted by Gasteiger charge is 2.07. The summed E-state index contributed by atoms with van der Waals surface area (Å²) in [5, 5.41) is 2.79. The van der Waals surface area contributed by atoms with Gasteiger partial charge < -0.3 is 5.32 Å². The molecule has 0 aliphatic carbocycles. The molecular weight excluding hydrogens is 198 g/mol. The molecule has 0 saturated carbocycles. The Labute approximate surface area is 89.3 Å². The summed E-state index contributed by atoms with van der Waals surface area (Å²) in [6.07, 6.45) is 0. The topological polar surface area (TPSA) is 29.1 Å². The molecule has 2 nitrogen and oxygen atoms in total. The van der Waals surface area contributed by atoms with Gasteiger partial charge in [-0.2, -0.15) is 0 Å². The Morgan fingerprint density at radius 1 is 1.43 bits per heavy atom. The highest BCUT2D eigenvalue weighted by atomic mass is 35.5. The summed E-state index contributed by atoms with van der Waals surface area (Å²) < 4.78 is 0. The number of nitrogens with one attached hydrogen (secondary N) is 1. The molecule has 0 aliphatic rings. The molecule has 0 bridgehead atoms. The zero-order chi connectivity index (χ0) is 10.6. The van der Waals surface area contributed by atoms with Gasteiger partial charge in [-0.15, -0.1) is 11.6 Å². The molecule has 1 amide bonds. The predicted octanol–water partition coefficient (Wildman–Crippen LogP) is 2.41. The molecule has 1 aromatic rings. The fraction of sp³-hybridized carbons (Fsp3) is 0.364. The lowest BCUT2D eigenvalue weighted by atomic mass is 10.1. The third kappa shape index (κ3) is 3.04.